The van der Waals surface area contributed by atoms with Crippen LogP contribution in [0.5, 0.6) is 0 Å². The lowest BCUT2D eigenvalue weighted by Gasteiger charge is -2.15. The van der Waals surface area contributed by atoms with Crippen LogP contribution in [0.2, 0.25) is 0 Å². The Bertz CT molecular complexity index is 1140. The van der Waals surface area contributed by atoms with Crippen LogP contribution in [0.1, 0.15) is 34.1 Å². The molecule has 0 aliphatic heterocycles. The lowest BCUT2D eigenvalue weighted by Crippen LogP contribution is -2.24. The van der Waals surface area contributed by atoms with Crippen LogP contribution in [-0.2, 0) is 4.79 Å². The van der Waals surface area contributed by atoms with E-state index in [-0.39, 0.29) is 16.7 Å². The monoisotopic (exact) mass is 451 g/mol. The number of nitrogens with two attached hydrogens (primary N) is 1. The van der Waals surface area contributed by atoms with Crippen LogP contribution < -0.4 is 16.4 Å². The zero-order valence-electron chi connectivity index (χ0n) is 17.3. The first-order valence-corrected chi connectivity index (χ1v) is 10.8. The molecular weight excluding hydrogens is 429 g/mol. The van der Waals surface area contributed by atoms with Gasteiger partial charge in [0.05, 0.1) is 10.8 Å². The molecule has 0 fully saturated rings. The van der Waals surface area contributed by atoms with Crippen molar-refractivity contribution in [3.63, 3.8) is 0 Å². The minimum Gasteiger partial charge on any atom is -0.366 e. The highest BCUT2D eigenvalue weighted by molar-refractivity contribution is 8.00. The molecular formula is C24H22FN3O3S. The van der Waals surface area contributed by atoms with Gasteiger partial charge in [-0.1, -0.05) is 25.1 Å². The van der Waals surface area contributed by atoms with Crippen LogP contribution >= 0.6 is 11.8 Å². The van der Waals surface area contributed by atoms with Crippen LogP contribution in [0, 0.1) is 5.82 Å². The number of primary amides is 1. The molecule has 1 unspecified atom stereocenters. The predicted octanol–water partition coefficient (Wildman–Crippen LogP) is 4.69. The van der Waals surface area contributed by atoms with Crippen LogP contribution in [0.25, 0.3) is 0 Å². The molecule has 4 N–H and O–H groups in total. The summed E-state index contributed by atoms with van der Waals surface area (Å²) in [5, 5.41) is 5.13. The van der Waals surface area contributed by atoms with Crippen molar-refractivity contribution in [2.24, 2.45) is 5.73 Å². The van der Waals surface area contributed by atoms with Gasteiger partial charge in [-0.2, -0.15) is 0 Å². The first-order valence-electron chi connectivity index (χ1n) is 9.90. The molecule has 3 rings (SSSR count). The summed E-state index contributed by atoms with van der Waals surface area (Å²) in [5.41, 5.74) is 6.61. The third-order valence-corrected chi connectivity index (χ3v) is 5.95. The summed E-state index contributed by atoms with van der Waals surface area (Å²) in [6, 6.07) is 19.1. The van der Waals surface area contributed by atoms with E-state index in [1.807, 2.05) is 13.0 Å². The number of anilines is 2. The summed E-state index contributed by atoms with van der Waals surface area (Å²) in [6.45, 7) is 1.90. The molecule has 0 aromatic heterocycles. The number of rotatable bonds is 8. The Morgan fingerprint density at radius 1 is 0.938 bits per heavy atom. The standard InChI is InChI=1S/C24H22FN3O3S/c1-2-21(24(31)27-16-12-10-15(11-13-16)22(26)29)32-18-7-5-6-17(14-18)28-23(30)19-8-3-4-9-20(19)25/h3-14,21H,2H2,1H3,(H2,26,29)(H,27,31)(H,28,30). The molecule has 3 amide bonds. The Hall–Kier alpha value is -3.65. The van der Waals surface area contributed by atoms with E-state index in [0.717, 1.165) is 4.90 Å². The Kier molecular flexibility index (Phi) is 7.62. The number of benzene rings is 3. The molecule has 164 valence electrons. The van der Waals surface area contributed by atoms with Crippen LogP contribution in [0.3, 0.4) is 0 Å². The second kappa shape index (κ2) is 10.6. The van der Waals surface area contributed by atoms with Gasteiger partial charge >= 0.3 is 0 Å². The highest BCUT2D eigenvalue weighted by Crippen LogP contribution is 2.29. The fourth-order valence-electron chi connectivity index (χ4n) is 2.92. The maximum Gasteiger partial charge on any atom is 0.258 e. The summed E-state index contributed by atoms with van der Waals surface area (Å²) >= 11 is 1.35. The van der Waals surface area contributed by atoms with Gasteiger partial charge in [-0.05, 0) is 61.0 Å². The number of hydrogen-bond donors (Lipinski definition) is 3. The normalized spacial score (nSPS) is 11.4. The fraction of sp³-hybridized carbons (Fsp3) is 0.125. The summed E-state index contributed by atoms with van der Waals surface area (Å²) in [7, 11) is 0. The number of carbonyl (C=O) groups excluding carboxylic acids is 3. The lowest BCUT2D eigenvalue weighted by molar-refractivity contribution is -0.115. The summed E-state index contributed by atoms with van der Waals surface area (Å²) in [5.74, 6) is -1.87. The average Bonchev–Trinajstić information content (AvgIpc) is 2.78. The van der Waals surface area contributed by atoms with Gasteiger partial charge in [-0.3, -0.25) is 14.4 Å². The van der Waals surface area contributed by atoms with Gasteiger partial charge in [0, 0.05) is 21.8 Å². The largest absolute Gasteiger partial charge is 0.366 e. The minimum absolute atomic E-state index is 0.0428. The van der Waals surface area contributed by atoms with E-state index in [1.165, 1.54) is 30.0 Å². The molecule has 0 radical (unpaired) electrons. The van der Waals surface area contributed by atoms with Crippen LogP contribution in [0.4, 0.5) is 15.8 Å². The average molecular weight is 452 g/mol. The van der Waals surface area contributed by atoms with Crippen molar-refractivity contribution in [1.82, 2.24) is 0 Å². The molecule has 0 saturated heterocycles. The van der Waals surface area contributed by atoms with Gasteiger partial charge < -0.3 is 16.4 Å². The Morgan fingerprint density at radius 3 is 2.31 bits per heavy atom. The molecule has 0 bridgehead atoms. The summed E-state index contributed by atoms with van der Waals surface area (Å²) in [4.78, 5) is 37.0. The molecule has 0 aliphatic rings. The number of amides is 3. The molecule has 6 nitrogen and oxygen atoms in total. The van der Waals surface area contributed by atoms with E-state index in [2.05, 4.69) is 10.6 Å². The molecule has 0 spiro atoms. The van der Waals surface area contributed by atoms with Crippen molar-refractivity contribution in [3.05, 3.63) is 89.7 Å². The van der Waals surface area contributed by atoms with E-state index < -0.39 is 17.6 Å². The smallest absolute Gasteiger partial charge is 0.258 e. The Balaban J connectivity index is 1.66. The zero-order chi connectivity index (χ0) is 23.1. The Labute approximate surface area is 189 Å². The van der Waals surface area contributed by atoms with E-state index >= 15 is 0 Å². The highest BCUT2D eigenvalue weighted by atomic mass is 32.2. The number of carbonyl (C=O) groups is 3. The molecule has 3 aromatic rings. The first kappa shape index (κ1) is 23.0. The third-order valence-electron chi connectivity index (χ3n) is 4.59. The van der Waals surface area contributed by atoms with E-state index in [9.17, 15) is 18.8 Å². The fourth-order valence-corrected chi connectivity index (χ4v) is 3.93. The van der Waals surface area contributed by atoms with Gasteiger partial charge in [-0.15, -0.1) is 11.8 Å². The highest BCUT2D eigenvalue weighted by Gasteiger charge is 2.19. The molecule has 8 heteroatoms. The second-order valence-electron chi connectivity index (χ2n) is 6.91. The van der Waals surface area contributed by atoms with E-state index in [1.54, 1.807) is 48.5 Å². The van der Waals surface area contributed by atoms with Crippen molar-refractivity contribution < 1.29 is 18.8 Å². The number of thioether (sulfide) groups is 1. The molecule has 0 heterocycles. The quantitative estimate of drug-likeness (QED) is 0.433. The van der Waals surface area contributed by atoms with Crippen molar-refractivity contribution >= 4 is 40.9 Å². The van der Waals surface area contributed by atoms with Gasteiger partial charge in [0.25, 0.3) is 5.91 Å². The Morgan fingerprint density at radius 2 is 1.66 bits per heavy atom. The number of halogens is 1. The lowest BCUT2D eigenvalue weighted by atomic mass is 10.2. The molecule has 32 heavy (non-hydrogen) atoms. The van der Waals surface area contributed by atoms with Crippen molar-refractivity contribution in [3.8, 4) is 0 Å². The topological polar surface area (TPSA) is 101 Å². The van der Waals surface area contributed by atoms with Gasteiger partial charge in [0.1, 0.15) is 5.82 Å². The van der Waals surface area contributed by atoms with Crippen molar-refractivity contribution in [1.29, 1.82) is 0 Å². The minimum atomic E-state index is -0.595. The van der Waals surface area contributed by atoms with E-state index in [4.69, 9.17) is 5.73 Å². The second-order valence-corrected chi connectivity index (χ2v) is 8.18. The van der Waals surface area contributed by atoms with Crippen LogP contribution in [-0.4, -0.2) is 23.0 Å². The van der Waals surface area contributed by atoms with Gasteiger partial charge in [-0.25, -0.2) is 4.39 Å². The number of hydrogen-bond acceptors (Lipinski definition) is 4. The molecule has 0 saturated carbocycles. The summed E-state index contributed by atoms with van der Waals surface area (Å²) < 4.78 is 13.8. The predicted molar refractivity (Wildman–Crippen MR) is 124 cm³/mol. The van der Waals surface area contributed by atoms with Gasteiger partial charge in [0.15, 0.2) is 0 Å². The van der Waals surface area contributed by atoms with Crippen LogP contribution in [0.15, 0.2) is 77.7 Å². The SMILES string of the molecule is CCC(Sc1cccc(NC(=O)c2ccccc2F)c1)C(=O)Nc1ccc(C(N)=O)cc1. The maximum absolute atomic E-state index is 13.8. The van der Waals surface area contributed by atoms with E-state index in [0.29, 0.717) is 23.4 Å². The van der Waals surface area contributed by atoms with Gasteiger partial charge in [0.2, 0.25) is 11.8 Å². The summed E-state index contributed by atoms with van der Waals surface area (Å²) in [6.07, 6.45) is 0.571. The third kappa shape index (κ3) is 5.95. The van der Waals surface area contributed by atoms with Crippen molar-refractivity contribution in [2.75, 3.05) is 10.6 Å². The molecule has 1 atom stereocenters. The maximum atomic E-state index is 13.8. The zero-order valence-corrected chi connectivity index (χ0v) is 18.1. The first-order chi connectivity index (χ1) is 15.4. The van der Waals surface area contributed by atoms with Crippen molar-refractivity contribution in [2.45, 2.75) is 23.5 Å². The molecule has 0 aliphatic carbocycles. The number of nitrogens with one attached hydrogen (secondary N) is 2. The molecule has 3 aromatic carbocycles.